The summed E-state index contributed by atoms with van der Waals surface area (Å²) in [5.41, 5.74) is 4.59. The highest BCUT2D eigenvalue weighted by Gasteiger charge is 2.09. The van der Waals surface area contributed by atoms with Gasteiger partial charge in [-0.05, 0) is 95.7 Å². The third-order valence-corrected chi connectivity index (χ3v) is 7.27. The van der Waals surface area contributed by atoms with Gasteiger partial charge in [-0.2, -0.15) is 0 Å². The number of rotatable bonds is 2. The molecule has 0 aliphatic heterocycles. The van der Waals surface area contributed by atoms with E-state index in [-0.39, 0.29) is 0 Å². The Morgan fingerprint density at radius 1 is 0.314 bits per heavy atom. The van der Waals surface area contributed by atoms with E-state index in [0.717, 1.165) is 16.1 Å². The van der Waals surface area contributed by atoms with Crippen molar-refractivity contribution in [3.05, 3.63) is 132 Å². The van der Waals surface area contributed by atoms with Crippen LogP contribution in [0, 0.1) is 0 Å². The Morgan fingerprint density at radius 3 is 1.26 bits per heavy atom. The van der Waals surface area contributed by atoms with Crippen LogP contribution in [-0.4, -0.2) is 0 Å². The monoisotopic (exact) mass is 464 g/mol. The van der Waals surface area contributed by atoms with E-state index in [4.69, 9.17) is 11.6 Å². The Morgan fingerprint density at radius 2 is 0.743 bits per heavy atom. The second-order valence-corrected chi connectivity index (χ2v) is 9.61. The van der Waals surface area contributed by atoms with Gasteiger partial charge in [0, 0.05) is 5.02 Å². The highest BCUT2D eigenvalue weighted by atomic mass is 35.5. The van der Waals surface area contributed by atoms with Gasteiger partial charge in [0.15, 0.2) is 0 Å². The largest absolute Gasteiger partial charge is 0.0843 e. The molecule has 0 spiro atoms. The smallest absolute Gasteiger partial charge is 0.0418 e. The van der Waals surface area contributed by atoms with Gasteiger partial charge >= 0.3 is 0 Å². The van der Waals surface area contributed by atoms with Crippen molar-refractivity contribution in [2.24, 2.45) is 0 Å². The minimum Gasteiger partial charge on any atom is -0.0843 e. The molecule has 7 aromatic rings. The van der Waals surface area contributed by atoms with Gasteiger partial charge in [0.05, 0.1) is 0 Å². The summed E-state index contributed by atoms with van der Waals surface area (Å²) in [5.74, 6) is 0. The molecule has 0 aromatic heterocycles. The zero-order valence-corrected chi connectivity index (χ0v) is 19.8. The lowest BCUT2D eigenvalue weighted by molar-refractivity contribution is 1.62. The number of fused-ring (bicyclic) bond motifs is 6. The van der Waals surface area contributed by atoms with Gasteiger partial charge in [-0.15, -0.1) is 0 Å². The molecule has 0 atom stereocenters. The van der Waals surface area contributed by atoms with E-state index in [0.29, 0.717) is 0 Å². The molecule has 0 nitrogen and oxygen atoms in total. The van der Waals surface area contributed by atoms with E-state index in [1.54, 1.807) is 0 Å². The first-order valence-electron chi connectivity index (χ1n) is 11.9. The number of hydrogen-bond donors (Lipinski definition) is 0. The Balaban J connectivity index is 1.35. The molecule has 0 radical (unpaired) electrons. The molecule has 0 fully saturated rings. The molecule has 0 amide bonds. The predicted octanol–water partition coefficient (Wildman–Crippen LogP) is 10.3. The SMILES string of the molecule is Clc1cc(-c2ccc3c(ccc4ccccc43)c2)cc(-c2ccc3c(ccc4ccccc43)c2)c1. The zero-order chi connectivity index (χ0) is 23.4. The van der Waals surface area contributed by atoms with Crippen LogP contribution in [0.4, 0.5) is 0 Å². The van der Waals surface area contributed by atoms with Crippen LogP contribution in [0.25, 0.3) is 65.3 Å². The zero-order valence-electron chi connectivity index (χ0n) is 19.0. The molecule has 0 unspecified atom stereocenters. The molecule has 7 aromatic carbocycles. The quantitative estimate of drug-likeness (QED) is 0.223. The van der Waals surface area contributed by atoms with Crippen LogP contribution in [-0.2, 0) is 0 Å². The fourth-order valence-electron chi connectivity index (χ4n) is 5.31. The first-order valence-corrected chi connectivity index (χ1v) is 12.3. The van der Waals surface area contributed by atoms with E-state index in [1.807, 2.05) is 0 Å². The summed E-state index contributed by atoms with van der Waals surface area (Å²) in [7, 11) is 0. The number of benzene rings is 7. The van der Waals surface area contributed by atoms with Crippen molar-refractivity contribution < 1.29 is 0 Å². The first kappa shape index (κ1) is 20.3. The van der Waals surface area contributed by atoms with E-state index >= 15 is 0 Å². The van der Waals surface area contributed by atoms with Crippen molar-refractivity contribution in [2.75, 3.05) is 0 Å². The topological polar surface area (TPSA) is 0 Å². The molecule has 0 aliphatic rings. The van der Waals surface area contributed by atoms with E-state index in [2.05, 4.69) is 127 Å². The van der Waals surface area contributed by atoms with E-state index < -0.39 is 0 Å². The van der Waals surface area contributed by atoms with Gasteiger partial charge in [0.25, 0.3) is 0 Å². The van der Waals surface area contributed by atoms with Crippen LogP contribution in [0.3, 0.4) is 0 Å². The maximum atomic E-state index is 6.64. The van der Waals surface area contributed by atoms with Crippen molar-refractivity contribution in [2.45, 2.75) is 0 Å². The molecule has 35 heavy (non-hydrogen) atoms. The second-order valence-electron chi connectivity index (χ2n) is 9.17. The van der Waals surface area contributed by atoms with Crippen LogP contribution in [0.5, 0.6) is 0 Å². The van der Waals surface area contributed by atoms with Gasteiger partial charge < -0.3 is 0 Å². The van der Waals surface area contributed by atoms with Crippen molar-refractivity contribution in [1.82, 2.24) is 0 Å². The Hall–Kier alpha value is -4.13. The summed E-state index contributed by atoms with van der Waals surface area (Å²) in [6.07, 6.45) is 0. The lowest BCUT2D eigenvalue weighted by Crippen LogP contribution is -1.85. The molecule has 0 bridgehead atoms. The molecule has 0 N–H and O–H groups in total. The normalized spacial score (nSPS) is 11.6. The van der Waals surface area contributed by atoms with Crippen LogP contribution in [0.1, 0.15) is 0 Å². The summed E-state index contributed by atoms with van der Waals surface area (Å²) in [4.78, 5) is 0. The molecule has 0 heterocycles. The van der Waals surface area contributed by atoms with Crippen LogP contribution in [0.2, 0.25) is 5.02 Å². The Kier molecular flexibility index (Phi) is 4.62. The lowest BCUT2D eigenvalue weighted by Gasteiger charge is -2.11. The van der Waals surface area contributed by atoms with E-state index in [9.17, 15) is 0 Å². The lowest BCUT2D eigenvalue weighted by atomic mass is 9.94. The summed E-state index contributed by atoms with van der Waals surface area (Å²) < 4.78 is 0. The fraction of sp³-hybridized carbons (Fsp3) is 0. The molecule has 1 heteroatoms. The molecule has 0 saturated carbocycles. The van der Waals surface area contributed by atoms with Gasteiger partial charge in [0.1, 0.15) is 0 Å². The van der Waals surface area contributed by atoms with Gasteiger partial charge in [-0.3, -0.25) is 0 Å². The minimum atomic E-state index is 0.745. The Bertz CT molecular complexity index is 1780. The maximum absolute atomic E-state index is 6.64. The fourth-order valence-corrected chi connectivity index (χ4v) is 5.54. The second kappa shape index (κ2) is 7.98. The average molecular weight is 465 g/mol. The molecular formula is C34H21Cl. The van der Waals surface area contributed by atoms with Crippen molar-refractivity contribution in [3.8, 4) is 22.3 Å². The summed E-state index contributed by atoms with van der Waals surface area (Å²) >= 11 is 6.64. The Labute approximate surface area is 209 Å². The molecule has 0 saturated heterocycles. The first-order chi connectivity index (χ1) is 17.2. The molecular weight excluding hydrogens is 444 g/mol. The van der Waals surface area contributed by atoms with Crippen LogP contribution < -0.4 is 0 Å². The van der Waals surface area contributed by atoms with Crippen molar-refractivity contribution in [3.63, 3.8) is 0 Å². The molecule has 164 valence electrons. The van der Waals surface area contributed by atoms with Crippen LogP contribution >= 0.6 is 11.6 Å². The summed E-state index contributed by atoms with van der Waals surface area (Å²) in [6.45, 7) is 0. The number of halogens is 1. The minimum absolute atomic E-state index is 0.745. The van der Waals surface area contributed by atoms with Gasteiger partial charge in [-0.25, -0.2) is 0 Å². The van der Waals surface area contributed by atoms with Crippen molar-refractivity contribution in [1.29, 1.82) is 0 Å². The van der Waals surface area contributed by atoms with Gasteiger partial charge in [0.2, 0.25) is 0 Å². The highest BCUT2D eigenvalue weighted by Crippen LogP contribution is 2.35. The van der Waals surface area contributed by atoms with Gasteiger partial charge in [-0.1, -0.05) is 109 Å². The summed E-state index contributed by atoms with van der Waals surface area (Å²) in [6, 6.07) is 45.7. The van der Waals surface area contributed by atoms with E-state index in [1.165, 1.54) is 54.2 Å². The average Bonchev–Trinajstić information content (AvgIpc) is 2.92. The number of hydrogen-bond acceptors (Lipinski definition) is 0. The van der Waals surface area contributed by atoms with Crippen molar-refractivity contribution >= 4 is 54.7 Å². The standard InChI is InChI=1S/C34H21Cl/c35-30-20-28(24-13-15-33-26(17-24)11-9-22-5-1-3-7-31(22)33)19-29(21-30)25-14-16-34-27(18-25)12-10-23-6-2-4-8-32(23)34/h1-21H. The molecule has 7 rings (SSSR count). The third kappa shape index (κ3) is 3.46. The predicted molar refractivity (Wildman–Crippen MR) is 152 cm³/mol. The highest BCUT2D eigenvalue weighted by molar-refractivity contribution is 6.31. The maximum Gasteiger partial charge on any atom is 0.0418 e. The summed E-state index contributed by atoms with van der Waals surface area (Å²) in [5, 5.41) is 10.9. The molecule has 0 aliphatic carbocycles. The van der Waals surface area contributed by atoms with Crippen LogP contribution in [0.15, 0.2) is 127 Å². The third-order valence-electron chi connectivity index (χ3n) is 7.05.